The SMILES string of the molecule is CCCc1cc(C(=O)OC)on1. The van der Waals surface area contributed by atoms with Crippen molar-refractivity contribution in [3.63, 3.8) is 0 Å². The second kappa shape index (κ2) is 3.90. The van der Waals surface area contributed by atoms with Gasteiger partial charge in [-0.1, -0.05) is 18.5 Å². The number of esters is 1. The minimum Gasteiger partial charge on any atom is -0.463 e. The Balaban J connectivity index is 2.70. The molecule has 0 amide bonds. The minimum atomic E-state index is -0.482. The van der Waals surface area contributed by atoms with E-state index < -0.39 is 5.97 Å². The van der Waals surface area contributed by atoms with E-state index >= 15 is 0 Å². The van der Waals surface area contributed by atoms with Crippen LogP contribution in [0.1, 0.15) is 29.6 Å². The van der Waals surface area contributed by atoms with Crippen LogP contribution in [-0.4, -0.2) is 18.2 Å². The minimum absolute atomic E-state index is 0.168. The first-order valence-corrected chi connectivity index (χ1v) is 3.81. The van der Waals surface area contributed by atoms with Crippen LogP contribution < -0.4 is 0 Å². The van der Waals surface area contributed by atoms with Gasteiger partial charge in [-0.3, -0.25) is 0 Å². The molecule has 0 N–H and O–H groups in total. The van der Waals surface area contributed by atoms with Gasteiger partial charge in [0.15, 0.2) is 0 Å². The zero-order valence-corrected chi connectivity index (χ0v) is 7.16. The molecule has 12 heavy (non-hydrogen) atoms. The van der Waals surface area contributed by atoms with E-state index in [2.05, 4.69) is 9.89 Å². The van der Waals surface area contributed by atoms with Gasteiger partial charge in [-0.05, 0) is 6.42 Å². The molecule has 0 aromatic carbocycles. The fourth-order valence-corrected chi connectivity index (χ4v) is 0.883. The summed E-state index contributed by atoms with van der Waals surface area (Å²) in [6.45, 7) is 2.03. The topological polar surface area (TPSA) is 52.3 Å². The van der Waals surface area contributed by atoms with Crippen molar-refractivity contribution in [1.29, 1.82) is 0 Å². The molecule has 0 aliphatic carbocycles. The summed E-state index contributed by atoms with van der Waals surface area (Å²) in [5, 5.41) is 3.70. The molecule has 66 valence electrons. The molecule has 1 heterocycles. The van der Waals surface area contributed by atoms with Crippen LogP contribution >= 0.6 is 0 Å². The van der Waals surface area contributed by atoms with Gasteiger partial charge in [-0.2, -0.15) is 0 Å². The van der Waals surface area contributed by atoms with Gasteiger partial charge < -0.3 is 9.26 Å². The van der Waals surface area contributed by atoms with Crippen molar-refractivity contribution in [2.24, 2.45) is 0 Å². The Morgan fingerprint density at radius 3 is 3.08 bits per heavy atom. The molecule has 0 aliphatic rings. The van der Waals surface area contributed by atoms with Gasteiger partial charge in [0.05, 0.1) is 12.8 Å². The fraction of sp³-hybridized carbons (Fsp3) is 0.500. The molecular formula is C8H11NO3. The number of rotatable bonds is 3. The lowest BCUT2D eigenvalue weighted by molar-refractivity contribution is 0.0554. The highest BCUT2D eigenvalue weighted by Gasteiger charge is 2.11. The van der Waals surface area contributed by atoms with Crippen molar-refractivity contribution in [3.8, 4) is 0 Å². The molecule has 0 fully saturated rings. The smallest absolute Gasteiger partial charge is 0.376 e. The number of aromatic nitrogens is 1. The molecule has 0 atom stereocenters. The predicted molar refractivity (Wildman–Crippen MR) is 41.8 cm³/mol. The summed E-state index contributed by atoms with van der Waals surface area (Å²) < 4.78 is 9.20. The Bertz CT molecular complexity index is 267. The van der Waals surface area contributed by atoms with Crippen molar-refractivity contribution < 1.29 is 14.1 Å². The third-order valence-electron chi connectivity index (χ3n) is 1.45. The van der Waals surface area contributed by atoms with Crippen LogP contribution in [0.4, 0.5) is 0 Å². The Morgan fingerprint density at radius 1 is 1.75 bits per heavy atom. The lowest BCUT2D eigenvalue weighted by atomic mass is 10.2. The summed E-state index contributed by atoms with van der Waals surface area (Å²) in [6, 6.07) is 1.61. The maximum absolute atomic E-state index is 10.9. The van der Waals surface area contributed by atoms with Gasteiger partial charge in [0, 0.05) is 6.07 Å². The fourth-order valence-electron chi connectivity index (χ4n) is 0.883. The Morgan fingerprint density at radius 2 is 2.50 bits per heavy atom. The predicted octanol–water partition coefficient (Wildman–Crippen LogP) is 1.41. The third-order valence-corrected chi connectivity index (χ3v) is 1.45. The summed E-state index contributed by atoms with van der Waals surface area (Å²) in [4.78, 5) is 10.9. The van der Waals surface area contributed by atoms with Gasteiger partial charge in [0.25, 0.3) is 0 Å². The molecule has 4 nitrogen and oxygen atoms in total. The van der Waals surface area contributed by atoms with Crippen LogP contribution in [0.2, 0.25) is 0 Å². The highest BCUT2D eigenvalue weighted by Crippen LogP contribution is 2.06. The maximum atomic E-state index is 10.9. The number of methoxy groups -OCH3 is 1. The second-order valence-electron chi connectivity index (χ2n) is 2.42. The van der Waals surface area contributed by atoms with Gasteiger partial charge in [0.1, 0.15) is 0 Å². The second-order valence-corrected chi connectivity index (χ2v) is 2.42. The average molecular weight is 169 g/mol. The highest BCUT2D eigenvalue weighted by atomic mass is 16.5. The van der Waals surface area contributed by atoms with Gasteiger partial charge in [0.2, 0.25) is 5.76 Å². The summed E-state index contributed by atoms with van der Waals surface area (Å²) in [7, 11) is 1.31. The molecular weight excluding hydrogens is 158 g/mol. The van der Waals surface area contributed by atoms with E-state index in [9.17, 15) is 4.79 Å². The number of nitrogens with zero attached hydrogens (tertiary/aromatic N) is 1. The van der Waals surface area contributed by atoms with Crippen LogP contribution in [0.25, 0.3) is 0 Å². The molecule has 0 unspecified atom stereocenters. The lowest BCUT2D eigenvalue weighted by Crippen LogP contribution is -1.98. The van der Waals surface area contributed by atoms with Crippen molar-refractivity contribution in [3.05, 3.63) is 17.5 Å². The standard InChI is InChI=1S/C8H11NO3/c1-3-4-6-5-7(12-9-6)8(10)11-2/h5H,3-4H2,1-2H3. The van der Waals surface area contributed by atoms with E-state index in [4.69, 9.17) is 4.52 Å². The van der Waals surface area contributed by atoms with Crippen LogP contribution in [-0.2, 0) is 11.2 Å². The molecule has 4 heteroatoms. The van der Waals surface area contributed by atoms with Crippen molar-refractivity contribution in [2.45, 2.75) is 19.8 Å². The molecule has 1 aromatic heterocycles. The number of hydrogen-bond donors (Lipinski definition) is 0. The summed E-state index contributed by atoms with van der Waals surface area (Å²) in [6.07, 6.45) is 1.80. The van der Waals surface area contributed by atoms with Crippen LogP contribution in [0.15, 0.2) is 10.6 Å². The lowest BCUT2D eigenvalue weighted by Gasteiger charge is -1.88. The number of ether oxygens (including phenoxy) is 1. The van der Waals surface area contributed by atoms with Crippen molar-refractivity contribution in [2.75, 3.05) is 7.11 Å². The number of hydrogen-bond acceptors (Lipinski definition) is 4. The normalized spacial score (nSPS) is 9.83. The largest absolute Gasteiger partial charge is 0.463 e. The van der Waals surface area contributed by atoms with Gasteiger partial charge in [-0.25, -0.2) is 4.79 Å². The first-order valence-electron chi connectivity index (χ1n) is 3.81. The monoisotopic (exact) mass is 169 g/mol. The Labute approximate surface area is 70.5 Å². The zero-order chi connectivity index (χ0) is 8.97. The first kappa shape index (κ1) is 8.77. The Hall–Kier alpha value is -1.32. The molecule has 0 spiro atoms. The van der Waals surface area contributed by atoms with Crippen LogP contribution in [0, 0.1) is 0 Å². The number of carbonyl (C=O) groups is 1. The number of aryl methyl sites for hydroxylation is 1. The van der Waals surface area contributed by atoms with Crippen LogP contribution in [0.5, 0.6) is 0 Å². The third kappa shape index (κ3) is 1.84. The highest BCUT2D eigenvalue weighted by molar-refractivity contribution is 5.86. The molecule has 0 saturated carbocycles. The zero-order valence-electron chi connectivity index (χ0n) is 7.16. The van der Waals surface area contributed by atoms with Gasteiger partial charge >= 0.3 is 5.97 Å². The van der Waals surface area contributed by atoms with Crippen molar-refractivity contribution >= 4 is 5.97 Å². The van der Waals surface area contributed by atoms with Crippen molar-refractivity contribution in [1.82, 2.24) is 5.16 Å². The summed E-state index contributed by atoms with van der Waals surface area (Å²) >= 11 is 0. The van der Waals surface area contributed by atoms with E-state index in [-0.39, 0.29) is 5.76 Å². The molecule has 0 radical (unpaired) electrons. The molecule has 0 saturated heterocycles. The molecule has 0 aliphatic heterocycles. The quantitative estimate of drug-likeness (QED) is 0.642. The van der Waals surface area contributed by atoms with Gasteiger partial charge in [-0.15, -0.1) is 0 Å². The number of carbonyl (C=O) groups excluding carboxylic acids is 1. The van der Waals surface area contributed by atoms with Crippen LogP contribution in [0.3, 0.4) is 0 Å². The molecule has 0 bridgehead atoms. The van der Waals surface area contributed by atoms with E-state index in [1.807, 2.05) is 6.92 Å². The van der Waals surface area contributed by atoms with E-state index in [1.165, 1.54) is 7.11 Å². The Kier molecular flexibility index (Phi) is 2.85. The molecule has 1 aromatic rings. The average Bonchev–Trinajstić information content (AvgIpc) is 2.52. The van der Waals surface area contributed by atoms with E-state index in [0.29, 0.717) is 0 Å². The van der Waals surface area contributed by atoms with E-state index in [0.717, 1.165) is 18.5 Å². The maximum Gasteiger partial charge on any atom is 0.376 e. The summed E-state index contributed by atoms with van der Waals surface area (Å²) in [5.41, 5.74) is 0.790. The molecule has 1 rings (SSSR count). The van der Waals surface area contributed by atoms with E-state index in [1.54, 1.807) is 6.07 Å². The first-order chi connectivity index (χ1) is 5.77. The summed E-state index contributed by atoms with van der Waals surface area (Å²) in [5.74, 6) is -0.314.